The van der Waals surface area contributed by atoms with Crippen molar-refractivity contribution in [1.82, 2.24) is 0 Å². The molecule has 2 aliphatic rings. The van der Waals surface area contributed by atoms with Gasteiger partial charge in [0.1, 0.15) is 0 Å². The number of anilines is 1. The van der Waals surface area contributed by atoms with Gasteiger partial charge in [-0.05, 0) is 36.3 Å². The number of carboxylic acids is 1. The van der Waals surface area contributed by atoms with E-state index in [0.717, 1.165) is 16.8 Å². The molecule has 1 N–H and O–H groups in total. The van der Waals surface area contributed by atoms with Gasteiger partial charge in [0.15, 0.2) is 0 Å². The van der Waals surface area contributed by atoms with E-state index < -0.39 is 11.9 Å². The number of nitrogens with zero attached hydrogens (tertiary/aromatic N) is 1. The summed E-state index contributed by atoms with van der Waals surface area (Å²) in [6.45, 7) is 2.15. The monoisotopic (exact) mass is 293 g/mol. The summed E-state index contributed by atoms with van der Waals surface area (Å²) >= 11 is 0. The first-order valence-corrected chi connectivity index (χ1v) is 7.05. The van der Waals surface area contributed by atoms with Crippen molar-refractivity contribution in [3.8, 4) is 0 Å². The Morgan fingerprint density at radius 3 is 2.68 bits per heavy atom. The SMILES string of the molecule is C[C@@H](C(=O)O)c1ccc(N2CC3=CC=CC=C=C3C2=O)cc1. The number of aliphatic carboxylic acids is 1. The van der Waals surface area contributed by atoms with Crippen LogP contribution in [0.3, 0.4) is 0 Å². The number of benzene rings is 1. The van der Waals surface area contributed by atoms with E-state index in [9.17, 15) is 9.59 Å². The highest BCUT2D eigenvalue weighted by atomic mass is 16.4. The van der Waals surface area contributed by atoms with E-state index in [1.165, 1.54) is 0 Å². The van der Waals surface area contributed by atoms with Crippen LogP contribution in [0.5, 0.6) is 0 Å². The topological polar surface area (TPSA) is 57.6 Å². The van der Waals surface area contributed by atoms with E-state index in [-0.39, 0.29) is 5.91 Å². The fraction of sp³-hybridized carbons (Fsp3) is 0.167. The number of carbonyl (C=O) groups is 2. The molecule has 4 nitrogen and oxygen atoms in total. The molecular weight excluding hydrogens is 278 g/mol. The molecule has 0 unspecified atom stereocenters. The van der Waals surface area contributed by atoms with Crippen LogP contribution in [0, 0.1) is 0 Å². The van der Waals surface area contributed by atoms with Gasteiger partial charge in [0, 0.05) is 5.69 Å². The van der Waals surface area contributed by atoms with E-state index in [2.05, 4.69) is 5.73 Å². The average molecular weight is 293 g/mol. The molecule has 3 rings (SSSR count). The molecule has 1 amide bonds. The summed E-state index contributed by atoms with van der Waals surface area (Å²) in [5.41, 5.74) is 6.02. The van der Waals surface area contributed by atoms with E-state index >= 15 is 0 Å². The highest BCUT2D eigenvalue weighted by Crippen LogP contribution is 2.30. The summed E-state index contributed by atoms with van der Waals surface area (Å²) < 4.78 is 0. The molecule has 1 aromatic rings. The van der Waals surface area contributed by atoms with Gasteiger partial charge in [0.05, 0.1) is 18.0 Å². The van der Waals surface area contributed by atoms with Gasteiger partial charge in [-0.3, -0.25) is 9.59 Å². The normalized spacial score (nSPS) is 17.7. The second-order valence-corrected chi connectivity index (χ2v) is 5.31. The van der Waals surface area contributed by atoms with Gasteiger partial charge in [-0.2, -0.15) is 0 Å². The summed E-state index contributed by atoms with van der Waals surface area (Å²) in [5, 5.41) is 9.03. The van der Waals surface area contributed by atoms with Crippen LogP contribution in [0.2, 0.25) is 0 Å². The maximum absolute atomic E-state index is 12.5. The van der Waals surface area contributed by atoms with Crippen molar-refractivity contribution in [1.29, 1.82) is 0 Å². The minimum atomic E-state index is -0.862. The van der Waals surface area contributed by atoms with Crippen LogP contribution in [-0.4, -0.2) is 23.5 Å². The van der Waals surface area contributed by atoms with Gasteiger partial charge >= 0.3 is 5.97 Å². The van der Waals surface area contributed by atoms with Crippen LogP contribution >= 0.6 is 0 Å². The Morgan fingerprint density at radius 2 is 2.00 bits per heavy atom. The van der Waals surface area contributed by atoms with Crippen LogP contribution in [-0.2, 0) is 9.59 Å². The van der Waals surface area contributed by atoms with Crippen molar-refractivity contribution < 1.29 is 14.7 Å². The molecule has 0 radical (unpaired) electrons. The molecule has 1 fully saturated rings. The van der Waals surface area contributed by atoms with Crippen LogP contribution in [0.1, 0.15) is 18.4 Å². The molecule has 4 heteroatoms. The quantitative estimate of drug-likeness (QED) is 0.872. The lowest BCUT2D eigenvalue weighted by Gasteiger charge is -2.16. The smallest absolute Gasteiger partial charge is 0.310 e. The summed E-state index contributed by atoms with van der Waals surface area (Å²) in [6.07, 6.45) is 7.39. The van der Waals surface area contributed by atoms with Gasteiger partial charge < -0.3 is 10.0 Å². The van der Waals surface area contributed by atoms with Gasteiger partial charge in [0.25, 0.3) is 5.91 Å². The number of fused-ring (bicyclic) bond motifs is 1. The van der Waals surface area contributed by atoms with Gasteiger partial charge in [-0.1, -0.05) is 30.4 Å². The first-order valence-electron chi connectivity index (χ1n) is 7.05. The second kappa shape index (κ2) is 5.51. The third-order valence-corrected chi connectivity index (χ3v) is 3.92. The first kappa shape index (κ1) is 14.1. The molecule has 0 spiro atoms. The average Bonchev–Trinajstić information content (AvgIpc) is 2.70. The van der Waals surface area contributed by atoms with E-state index in [4.69, 9.17) is 5.11 Å². The predicted molar refractivity (Wildman–Crippen MR) is 83.7 cm³/mol. The molecule has 0 bridgehead atoms. The minimum absolute atomic E-state index is 0.0785. The summed E-state index contributed by atoms with van der Waals surface area (Å²) in [7, 11) is 0. The van der Waals surface area contributed by atoms with E-state index in [0.29, 0.717) is 12.1 Å². The zero-order chi connectivity index (χ0) is 15.7. The zero-order valence-electron chi connectivity index (χ0n) is 12.1. The lowest BCUT2D eigenvalue weighted by Crippen LogP contribution is -2.24. The van der Waals surface area contributed by atoms with Crippen molar-refractivity contribution in [2.45, 2.75) is 12.8 Å². The number of hydrogen-bond donors (Lipinski definition) is 1. The molecule has 1 aliphatic heterocycles. The zero-order valence-corrected chi connectivity index (χ0v) is 12.1. The van der Waals surface area contributed by atoms with Crippen LogP contribution in [0.15, 0.2) is 65.4 Å². The van der Waals surface area contributed by atoms with Crippen molar-refractivity contribution in [2.24, 2.45) is 0 Å². The molecule has 1 atom stereocenters. The van der Waals surface area contributed by atoms with Crippen molar-refractivity contribution >= 4 is 17.6 Å². The number of carboxylic acid groups (broad SMARTS) is 1. The van der Waals surface area contributed by atoms with Crippen LogP contribution in [0.4, 0.5) is 5.69 Å². The highest BCUT2D eigenvalue weighted by Gasteiger charge is 2.31. The number of carbonyl (C=O) groups excluding carboxylic acids is 1. The lowest BCUT2D eigenvalue weighted by molar-refractivity contribution is -0.138. The molecule has 22 heavy (non-hydrogen) atoms. The third kappa shape index (κ3) is 2.41. The Labute approximate surface area is 128 Å². The highest BCUT2D eigenvalue weighted by molar-refractivity contribution is 6.12. The lowest BCUT2D eigenvalue weighted by atomic mass is 10.0. The molecule has 0 saturated carbocycles. The van der Waals surface area contributed by atoms with E-state index in [1.807, 2.05) is 18.2 Å². The second-order valence-electron chi connectivity index (χ2n) is 5.31. The Kier molecular flexibility index (Phi) is 3.53. The third-order valence-electron chi connectivity index (χ3n) is 3.92. The molecule has 1 aromatic carbocycles. The first-order chi connectivity index (χ1) is 10.6. The largest absolute Gasteiger partial charge is 0.481 e. The van der Waals surface area contributed by atoms with Gasteiger partial charge in [-0.15, -0.1) is 5.73 Å². The Bertz CT molecular complexity index is 762. The maximum atomic E-state index is 12.5. The fourth-order valence-electron chi connectivity index (χ4n) is 2.54. The molecule has 110 valence electrons. The number of amides is 1. The molecule has 0 aromatic heterocycles. The maximum Gasteiger partial charge on any atom is 0.310 e. The number of rotatable bonds is 3. The van der Waals surface area contributed by atoms with Crippen molar-refractivity contribution in [3.63, 3.8) is 0 Å². The molecule has 1 saturated heterocycles. The van der Waals surface area contributed by atoms with Crippen LogP contribution < -0.4 is 4.90 Å². The Hall–Kier alpha value is -2.84. The number of allylic oxidation sites excluding steroid dienone is 3. The number of hydrogen-bond acceptors (Lipinski definition) is 2. The van der Waals surface area contributed by atoms with Crippen molar-refractivity contribution in [2.75, 3.05) is 11.4 Å². The molecular formula is C18H15NO3. The Balaban J connectivity index is 1.89. The summed E-state index contributed by atoms with van der Waals surface area (Å²) in [4.78, 5) is 25.1. The van der Waals surface area contributed by atoms with Gasteiger partial charge in [0.2, 0.25) is 0 Å². The predicted octanol–water partition coefficient (Wildman–Crippen LogP) is 2.80. The van der Waals surface area contributed by atoms with Crippen LogP contribution in [0.25, 0.3) is 0 Å². The van der Waals surface area contributed by atoms with E-state index in [1.54, 1.807) is 42.2 Å². The molecule has 1 heterocycles. The molecule has 1 aliphatic carbocycles. The standard InChI is InChI=1S/C18H15NO3/c1-12(18(21)22)13-7-9-15(10-8-13)19-11-14-5-3-2-4-6-16(14)17(19)20/h2-5,7-10,12H,11H2,1H3,(H,21,22)/t12-/m1/s1. The summed E-state index contributed by atoms with van der Waals surface area (Å²) in [6, 6.07) is 7.10. The minimum Gasteiger partial charge on any atom is -0.481 e. The Morgan fingerprint density at radius 1 is 1.27 bits per heavy atom. The van der Waals surface area contributed by atoms with Gasteiger partial charge in [-0.25, -0.2) is 0 Å². The van der Waals surface area contributed by atoms with Crippen molar-refractivity contribution in [3.05, 3.63) is 71.0 Å². The fourth-order valence-corrected chi connectivity index (χ4v) is 2.54. The summed E-state index contributed by atoms with van der Waals surface area (Å²) in [5.74, 6) is -1.50.